The van der Waals surface area contributed by atoms with Crippen LogP contribution in [0.4, 0.5) is 0 Å². The van der Waals surface area contributed by atoms with Crippen molar-refractivity contribution in [2.24, 2.45) is 5.10 Å². The van der Waals surface area contributed by atoms with Crippen LogP contribution in [0.3, 0.4) is 0 Å². The van der Waals surface area contributed by atoms with Crippen molar-refractivity contribution in [3.63, 3.8) is 0 Å². The average molecular weight is 354 g/mol. The number of ether oxygens (including phenoxy) is 1. The second kappa shape index (κ2) is 6.77. The number of nitrogens with zero attached hydrogens (tertiary/aromatic N) is 2. The Morgan fingerprint density at radius 1 is 0.963 bits per heavy atom. The lowest BCUT2D eigenvalue weighted by atomic mass is 10.0. The molecule has 0 spiro atoms. The summed E-state index contributed by atoms with van der Waals surface area (Å²) in [5.74, 6) is 2.07. The van der Waals surface area contributed by atoms with Crippen LogP contribution in [0.15, 0.2) is 65.8 Å². The molecule has 4 rings (SSSR count). The van der Waals surface area contributed by atoms with E-state index in [1.54, 1.807) is 30.3 Å². The van der Waals surface area contributed by atoms with E-state index < -0.39 is 11.8 Å². The zero-order chi connectivity index (χ0) is 18.8. The fraction of sp³-hybridized carbons (Fsp3) is 0.0455. The minimum Gasteiger partial charge on any atom is -0.480 e. The number of carbonyl (C=O) groups is 2. The lowest BCUT2D eigenvalue weighted by Crippen LogP contribution is -2.24. The molecule has 130 valence electrons. The van der Waals surface area contributed by atoms with Crippen LogP contribution in [0.2, 0.25) is 0 Å². The monoisotopic (exact) mass is 354 g/mol. The summed E-state index contributed by atoms with van der Waals surface area (Å²) in [5, 5.41) is 6.90. The molecule has 5 heteroatoms. The Kier molecular flexibility index (Phi) is 4.15. The number of imide groups is 1. The average Bonchev–Trinajstić information content (AvgIpc) is 2.95. The molecule has 0 radical (unpaired) electrons. The Bertz CT molecular complexity index is 1110. The summed E-state index contributed by atoms with van der Waals surface area (Å²) in [5.41, 5.74) is 1.35. The van der Waals surface area contributed by atoms with Crippen LogP contribution >= 0.6 is 0 Å². The van der Waals surface area contributed by atoms with Gasteiger partial charge >= 0.3 is 0 Å². The first-order chi connectivity index (χ1) is 13.2. The maximum Gasteiger partial charge on any atom is 0.282 e. The van der Waals surface area contributed by atoms with E-state index in [4.69, 9.17) is 11.2 Å². The van der Waals surface area contributed by atoms with Crippen LogP contribution < -0.4 is 4.74 Å². The van der Waals surface area contributed by atoms with Crippen molar-refractivity contribution in [2.75, 3.05) is 6.61 Å². The zero-order valence-electron chi connectivity index (χ0n) is 14.3. The predicted octanol–water partition coefficient (Wildman–Crippen LogP) is 3.48. The van der Waals surface area contributed by atoms with Crippen molar-refractivity contribution < 1.29 is 14.3 Å². The summed E-state index contributed by atoms with van der Waals surface area (Å²) in [6.07, 6.45) is 6.76. The van der Waals surface area contributed by atoms with Gasteiger partial charge in [0, 0.05) is 5.56 Å². The van der Waals surface area contributed by atoms with Gasteiger partial charge in [0.05, 0.1) is 17.3 Å². The summed E-state index contributed by atoms with van der Waals surface area (Å²) in [6.45, 7) is 0.103. The number of rotatable bonds is 4. The van der Waals surface area contributed by atoms with Gasteiger partial charge in [-0.05, 0) is 29.0 Å². The highest BCUT2D eigenvalue weighted by Gasteiger charge is 2.35. The maximum atomic E-state index is 12.5. The first-order valence-corrected chi connectivity index (χ1v) is 8.30. The SMILES string of the molecule is C#CCOc1ccc2ccccc2c1/C=N\N1C(=O)c2ccccc2C1=O. The van der Waals surface area contributed by atoms with Crippen molar-refractivity contribution >= 4 is 28.8 Å². The maximum absolute atomic E-state index is 12.5. The molecule has 0 N–H and O–H groups in total. The third kappa shape index (κ3) is 2.83. The van der Waals surface area contributed by atoms with Crippen molar-refractivity contribution in [1.82, 2.24) is 5.01 Å². The minimum atomic E-state index is -0.446. The molecule has 3 aromatic rings. The van der Waals surface area contributed by atoms with Crippen LogP contribution in [-0.4, -0.2) is 29.6 Å². The summed E-state index contributed by atoms with van der Waals surface area (Å²) in [7, 11) is 0. The van der Waals surface area contributed by atoms with Crippen molar-refractivity contribution in [2.45, 2.75) is 0 Å². The number of hydrogen-bond donors (Lipinski definition) is 0. The van der Waals surface area contributed by atoms with Gasteiger partial charge in [0.1, 0.15) is 12.4 Å². The standard InChI is InChI=1S/C22H14N2O3/c1-2-13-27-20-12-11-15-7-3-4-8-16(15)19(20)14-23-24-21(25)17-9-5-6-10-18(17)22(24)26/h1,3-12,14H,13H2/b23-14-. The van der Waals surface area contributed by atoms with Crippen molar-refractivity contribution in [3.05, 3.63) is 77.4 Å². The Balaban J connectivity index is 1.76. The highest BCUT2D eigenvalue weighted by atomic mass is 16.5. The molecule has 0 saturated carbocycles. The van der Waals surface area contributed by atoms with E-state index in [-0.39, 0.29) is 6.61 Å². The van der Waals surface area contributed by atoms with Gasteiger partial charge in [-0.25, -0.2) is 0 Å². The van der Waals surface area contributed by atoms with Crippen LogP contribution in [0, 0.1) is 12.3 Å². The molecule has 0 unspecified atom stereocenters. The van der Waals surface area contributed by atoms with E-state index >= 15 is 0 Å². The van der Waals surface area contributed by atoms with Crippen molar-refractivity contribution in [3.8, 4) is 18.1 Å². The lowest BCUT2D eigenvalue weighted by Gasteiger charge is -2.11. The smallest absolute Gasteiger partial charge is 0.282 e. The Labute approximate surface area is 155 Å². The number of carbonyl (C=O) groups excluding carboxylic acids is 2. The van der Waals surface area contributed by atoms with Gasteiger partial charge in [-0.3, -0.25) is 9.59 Å². The molecule has 1 aliphatic rings. The topological polar surface area (TPSA) is 59.0 Å². The molecular weight excluding hydrogens is 340 g/mol. The molecule has 5 nitrogen and oxygen atoms in total. The molecular formula is C22H14N2O3. The van der Waals surface area contributed by atoms with Crippen LogP contribution in [0.1, 0.15) is 26.3 Å². The van der Waals surface area contributed by atoms with Crippen molar-refractivity contribution in [1.29, 1.82) is 0 Å². The summed E-state index contributed by atoms with van der Waals surface area (Å²) in [4.78, 5) is 25.0. The Morgan fingerprint density at radius 3 is 2.33 bits per heavy atom. The van der Waals surface area contributed by atoms with E-state index in [0.717, 1.165) is 15.8 Å². The molecule has 0 atom stereocenters. The fourth-order valence-corrected chi connectivity index (χ4v) is 3.05. The first kappa shape index (κ1) is 16.6. The molecule has 0 saturated heterocycles. The van der Waals surface area contributed by atoms with Gasteiger partial charge in [0.15, 0.2) is 0 Å². The Hall–Kier alpha value is -3.91. The van der Waals surface area contributed by atoms with Crippen LogP contribution in [0.5, 0.6) is 5.75 Å². The molecule has 0 bridgehead atoms. The van der Waals surface area contributed by atoms with Gasteiger partial charge in [0.25, 0.3) is 11.8 Å². The van der Waals surface area contributed by atoms with Gasteiger partial charge in [-0.15, -0.1) is 6.42 Å². The number of hydrazone groups is 1. The zero-order valence-corrected chi connectivity index (χ0v) is 14.3. The van der Waals surface area contributed by atoms with Gasteiger partial charge < -0.3 is 4.74 Å². The number of terminal acetylenes is 1. The summed E-state index contributed by atoms with van der Waals surface area (Å²) < 4.78 is 5.61. The molecule has 0 fully saturated rings. The van der Waals surface area contributed by atoms with Gasteiger partial charge in [-0.2, -0.15) is 10.1 Å². The predicted molar refractivity (Wildman–Crippen MR) is 103 cm³/mol. The summed E-state index contributed by atoms with van der Waals surface area (Å²) in [6, 6.07) is 18.1. The molecule has 1 aliphatic heterocycles. The van der Waals surface area contributed by atoms with E-state index in [1.165, 1.54) is 6.21 Å². The molecule has 2 amide bonds. The number of amides is 2. The second-order valence-corrected chi connectivity index (χ2v) is 5.90. The first-order valence-electron chi connectivity index (χ1n) is 8.30. The summed E-state index contributed by atoms with van der Waals surface area (Å²) >= 11 is 0. The third-order valence-electron chi connectivity index (χ3n) is 4.32. The molecule has 1 heterocycles. The van der Waals surface area contributed by atoms with Crippen LogP contribution in [-0.2, 0) is 0 Å². The highest BCUT2D eigenvalue weighted by molar-refractivity contribution is 6.21. The van der Waals surface area contributed by atoms with E-state index in [2.05, 4.69) is 11.0 Å². The van der Waals surface area contributed by atoms with E-state index in [1.807, 2.05) is 30.3 Å². The quantitative estimate of drug-likeness (QED) is 0.409. The van der Waals surface area contributed by atoms with Crippen LogP contribution in [0.25, 0.3) is 10.8 Å². The fourth-order valence-electron chi connectivity index (χ4n) is 3.05. The second-order valence-electron chi connectivity index (χ2n) is 5.90. The van der Waals surface area contributed by atoms with E-state index in [9.17, 15) is 9.59 Å². The highest BCUT2D eigenvalue weighted by Crippen LogP contribution is 2.28. The number of benzene rings is 3. The number of hydrogen-bond acceptors (Lipinski definition) is 4. The normalized spacial score (nSPS) is 13.2. The molecule has 0 aliphatic carbocycles. The van der Waals surface area contributed by atoms with Gasteiger partial charge in [-0.1, -0.05) is 48.4 Å². The van der Waals surface area contributed by atoms with Gasteiger partial charge in [0.2, 0.25) is 0 Å². The third-order valence-corrected chi connectivity index (χ3v) is 4.32. The Morgan fingerprint density at radius 2 is 1.63 bits per heavy atom. The van der Waals surface area contributed by atoms with E-state index in [0.29, 0.717) is 22.4 Å². The molecule has 0 aromatic heterocycles. The lowest BCUT2D eigenvalue weighted by molar-refractivity contribution is 0.0660. The largest absolute Gasteiger partial charge is 0.480 e. The minimum absolute atomic E-state index is 0.103. The number of fused-ring (bicyclic) bond motifs is 2. The molecule has 27 heavy (non-hydrogen) atoms. The molecule has 3 aromatic carbocycles.